The molecule has 1 rings (SSSR count). The number of nitrogens with two attached hydrogens (primary N) is 1. The summed E-state index contributed by atoms with van der Waals surface area (Å²) in [4.78, 5) is 10.9. The maximum atomic E-state index is 11.7. The molecule has 0 aliphatic heterocycles. The number of rotatable bonds is 5. The van der Waals surface area contributed by atoms with Crippen LogP contribution in [0.2, 0.25) is 0 Å². The van der Waals surface area contributed by atoms with Gasteiger partial charge in [-0.25, -0.2) is 8.42 Å². The highest BCUT2D eigenvalue weighted by atomic mass is 32.2. The molecule has 0 aromatic heterocycles. The molecule has 0 unspecified atom stereocenters. The second-order valence-electron chi connectivity index (χ2n) is 3.82. The summed E-state index contributed by atoms with van der Waals surface area (Å²) >= 11 is 0. The maximum Gasteiger partial charge on any atom is 0.306 e. The number of ether oxygens (including phenoxy) is 1. The van der Waals surface area contributed by atoms with Gasteiger partial charge in [0.05, 0.1) is 25.0 Å². The van der Waals surface area contributed by atoms with Crippen molar-refractivity contribution in [2.75, 3.05) is 23.3 Å². The summed E-state index contributed by atoms with van der Waals surface area (Å²) in [5.41, 5.74) is 7.22. The minimum absolute atomic E-state index is 0.187. The van der Waals surface area contributed by atoms with Crippen LogP contribution in [0.25, 0.3) is 0 Å². The van der Waals surface area contributed by atoms with Crippen LogP contribution in [0.15, 0.2) is 18.2 Å². The lowest BCUT2D eigenvalue weighted by molar-refractivity contribution is -0.140. The average Bonchev–Trinajstić information content (AvgIpc) is 2.30. The van der Waals surface area contributed by atoms with E-state index in [4.69, 9.17) is 5.73 Å². The van der Waals surface area contributed by atoms with Crippen LogP contribution >= 0.6 is 0 Å². The van der Waals surface area contributed by atoms with Gasteiger partial charge in [-0.3, -0.25) is 9.52 Å². The largest absolute Gasteiger partial charge is 0.469 e. The molecule has 7 heteroatoms. The molecular weight excluding hydrogens is 256 g/mol. The highest BCUT2D eigenvalue weighted by molar-refractivity contribution is 7.92. The minimum atomic E-state index is -3.59. The van der Waals surface area contributed by atoms with Gasteiger partial charge in [0.2, 0.25) is 10.0 Å². The zero-order valence-corrected chi connectivity index (χ0v) is 11.1. The molecule has 3 N–H and O–H groups in total. The van der Waals surface area contributed by atoms with Gasteiger partial charge in [-0.05, 0) is 24.6 Å². The Bertz CT molecular complexity index is 540. The van der Waals surface area contributed by atoms with Crippen molar-refractivity contribution in [3.05, 3.63) is 23.8 Å². The van der Waals surface area contributed by atoms with E-state index in [-0.39, 0.29) is 12.2 Å². The highest BCUT2D eigenvalue weighted by Gasteiger charge is 2.14. The molecule has 0 saturated heterocycles. The van der Waals surface area contributed by atoms with E-state index in [2.05, 4.69) is 9.46 Å². The van der Waals surface area contributed by atoms with E-state index in [1.54, 1.807) is 19.1 Å². The van der Waals surface area contributed by atoms with E-state index in [1.807, 2.05) is 0 Å². The molecule has 0 saturated carbocycles. The smallest absolute Gasteiger partial charge is 0.306 e. The third-order valence-electron chi connectivity index (χ3n) is 2.33. The summed E-state index contributed by atoms with van der Waals surface area (Å²) in [6, 6.07) is 4.93. The Morgan fingerprint density at radius 3 is 2.72 bits per heavy atom. The van der Waals surface area contributed by atoms with E-state index in [0.717, 1.165) is 5.56 Å². The van der Waals surface area contributed by atoms with Crippen molar-refractivity contribution in [1.82, 2.24) is 0 Å². The Morgan fingerprint density at radius 2 is 2.11 bits per heavy atom. The first-order valence-corrected chi connectivity index (χ1v) is 6.93. The number of hydrogen-bond acceptors (Lipinski definition) is 5. The molecule has 0 spiro atoms. The van der Waals surface area contributed by atoms with Crippen LogP contribution < -0.4 is 10.5 Å². The van der Waals surface area contributed by atoms with Gasteiger partial charge >= 0.3 is 5.97 Å². The molecule has 0 amide bonds. The first-order chi connectivity index (χ1) is 8.34. The summed E-state index contributed by atoms with van der Waals surface area (Å²) in [6.07, 6.45) is -0.187. The van der Waals surface area contributed by atoms with Crippen molar-refractivity contribution in [1.29, 1.82) is 0 Å². The van der Waals surface area contributed by atoms with Crippen LogP contribution in [0.4, 0.5) is 11.4 Å². The molecule has 0 radical (unpaired) electrons. The Kier molecular flexibility index (Phi) is 4.55. The molecule has 0 aliphatic rings. The van der Waals surface area contributed by atoms with Crippen molar-refractivity contribution >= 4 is 27.4 Å². The fourth-order valence-corrected chi connectivity index (χ4v) is 2.38. The third-order valence-corrected chi connectivity index (χ3v) is 3.60. The summed E-state index contributed by atoms with van der Waals surface area (Å²) < 4.78 is 30.2. The highest BCUT2D eigenvalue weighted by Crippen LogP contribution is 2.19. The SMILES string of the molecule is COC(=O)CCS(=O)(=O)Nc1cc(N)ccc1C. The number of anilines is 2. The lowest BCUT2D eigenvalue weighted by Gasteiger charge is -2.10. The molecule has 0 atom stereocenters. The Labute approximate surface area is 106 Å². The summed E-state index contributed by atoms with van der Waals surface area (Å²) in [6.45, 7) is 1.76. The van der Waals surface area contributed by atoms with Crippen LogP contribution in [0.5, 0.6) is 0 Å². The topological polar surface area (TPSA) is 98.5 Å². The molecule has 6 nitrogen and oxygen atoms in total. The van der Waals surface area contributed by atoms with E-state index in [1.165, 1.54) is 13.2 Å². The van der Waals surface area contributed by atoms with Gasteiger partial charge in [0.25, 0.3) is 0 Å². The van der Waals surface area contributed by atoms with Gasteiger partial charge in [-0.2, -0.15) is 0 Å². The lowest BCUT2D eigenvalue weighted by atomic mass is 10.2. The molecule has 0 bridgehead atoms. The third kappa shape index (κ3) is 4.25. The van der Waals surface area contributed by atoms with Crippen LogP contribution in [0.3, 0.4) is 0 Å². The summed E-state index contributed by atoms with van der Waals surface area (Å²) in [5, 5.41) is 0. The molecule has 0 heterocycles. The summed E-state index contributed by atoms with van der Waals surface area (Å²) in [7, 11) is -2.37. The van der Waals surface area contributed by atoms with Crippen molar-refractivity contribution in [2.45, 2.75) is 13.3 Å². The molecule has 0 fully saturated rings. The number of aryl methyl sites for hydroxylation is 1. The molecule has 18 heavy (non-hydrogen) atoms. The first kappa shape index (κ1) is 14.3. The number of carbonyl (C=O) groups excluding carboxylic acids is 1. The fourth-order valence-electron chi connectivity index (χ4n) is 1.29. The zero-order valence-electron chi connectivity index (χ0n) is 10.3. The van der Waals surface area contributed by atoms with Crippen LogP contribution in [0.1, 0.15) is 12.0 Å². The van der Waals surface area contributed by atoms with Crippen LogP contribution in [0, 0.1) is 6.92 Å². The molecule has 1 aromatic carbocycles. The summed E-state index contributed by atoms with van der Waals surface area (Å²) in [5.74, 6) is -0.891. The Morgan fingerprint density at radius 1 is 1.44 bits per heavy atom. The number of esters is 1. The van der Waals surface area contributed by atoms with Gasteiger partial charge in [0.1, 0.15) is 0 Å². The van der Waals surface area contributed by atoms with Gasteiger partial charge in [0.15, 0.2) is 0 Å². The van der Waals surface area contributed by atoms with Crippen molar-refractivity contribution in [2.24, 2.45) is 0 Å². The van der Waals surface area contributed by atoms with Crippen molar-refractivity contribution < 1.29 is 17.9 Å². The molecular formula is C11H16N2O4S. The molecule has 100 valence electrons. The van der Waals surface area contributed by atoms with Crippen molar-refractivity contribution in [3.63, 3.8) is 0 Å². The monoisotopic (exact) mass is 272 g/mol. The second kappa shape index (κ2) is 5.72. The predicted octanol–water partition coefficient (Wildman–Crippen LogP) is 0.882. The first-order valence-electron chi connectivity index (χ1n) is 5.27. The zero-order chi connectivity index (χ0) is 13.8. The standard InChI is InChI=1S/C11H16N2O4S/c1-8-3-4-9(12)7-10(8)13-18(15,16)6-5-11(14)17-2/h3-4,7,13H,5-6,12H2,1-2H3. The normalized spacial score (nSPS) is 11.0. The predicted molar refractivity (Wildman–Crippen MR) is 69.6 cm³/mol. The number of hydrogen-bond donors (Lipinski definition) is 2. The van der Waals surface area contributed by atoms with E-state index >= 15 is 0 Å². The van der Waals surface area contributed by atoms with Crippen LogP contribution in [-0.4, -0.2) is 27.2 Å². The van der Waals surface area contributed by atoms with Crippen LogP contribution in [-0.2, 0) is 19.6 Å². The Balaban J connectivity index is 2.76. The minimum Gasteiger partial charge on any atom is -0.469 e. The van der Waals surface area contributed by atoms with Gasteiger partial charge < -0.3 is 10.5 Å². The second-order valence-corrected chi connectivity index (χ2v) is 5.66. The molecule has 1 aromatic rings. The fraction of sp³-hybridized carbons (Fsp3) is 0.364. The van der Waals surface area contributed by atoms with Gasteiger partial charge in [-0.15, -0.1) is 0 Å². The van der Waals surface area contributed by atoms with Gasteiger partial charge in [0, 0.05) is 5.69 Å². The molecule has 0 aliphatic carbocycles. The number of sulfonamides is 1. The number of methoxy groups -OCH3 is 1. The number of nitrogen functional groups attached to an aromatic ring is 1. The van der Waals surface area contributed by atoms with Gasteiger partial charge in [-0.1, -0.05) is 6.07 Å². The number of nitrogens with one attached hydrogen (secondary N) is 1. The van der Waals surface area contributed by atoms with E-state index < -0.39 is 16.0 Å². The van der Waals surface area contributed by atoms with E-state index in [0.29, 0.717) is 11.4 Å². The number of carbonyl (C=O) groups is 1. The average molecular weight is 272 g/mol. The van der Waals surface area contributed by atoms with E-state index in [9.17, 15) is 13.2 Å². The quantitative estimate of drug-likeness (QED) is 0.612. The lowest BCUT2D eigenvalue weighted by Crippen LogP contribution is -2.20. The number of benzene rings is 1. The maximum absolute atomic E-state index is 11.7. The Hall–Kier alpha value is -1.76. The van der Waals surface area contributed by atoms with Crippen molar-refractivity contribution in [3.8, 4) is 0 Å².